The molecule has 1 aromatic heterocycles. The van der Waals surface area contributed by atoms with E-state index in [-0.39, 0.29) is 30.7 Å². The Morgan fingerprint density at radius 1 is 1.15 bits per heavy atom. The van der Waals surface area contributed by atoms with Gasteiger partial charge in [0.05, 0.1) is 5.56 Å². The van der Waals surface area contributed by atoms with E-state index in [4.69, 9.17) is 0 Å². The molecule has 0 bridgehead atoms. The van der Waals surface area contributed by atoms with Gasteiger partial charge in [0.25, 0.3) is 5.91 Å². The third kappa shape index (κ3) is 6.66. The van der Waals surface area contributed by atoms with E-state index in [0.29, 0.717) is 12.1 Å². The Morgan fingerprint density at radius 3 is 2.48 bits per heavy atom. The van der Waals surface area contributed by atoms with Gasteiger partial charge in [0.15, 0.2) is 0 Å². The molecule has 0 unspecified atom stereocenters. The first-order valence-electron chi connectivity index (χ1n) is 8.70. The van der Waals surface area contributed by atoms with Crippen LogP contribution in [0.25, 0.3) is 0 Å². The van der Waals surface area contributed by atoms with Crippen molar-refractivity contribution in [3.8, 4) is 0 Å². The highest BCUT2D eigenvalue weighted by atomic mass is 35.5. The van der Waals surface area contributed by atoms with E-state index in [9.17, 15) is 4.79 Å². The standard InChI is InChI=1S/C19H25N5O.2ClH/c1-23(17-5-3-2-4-6-17)18-8-7-16(15-22-18)19(25)21-11-14-24-12-9-20-10-13-24;;/h2-8,15,20H,9-14H2,1H3,(H,21,25);2*1H. The fraction of sp³-hybridized carbons (Fsp3) is 0.368. The zero-order valence-corrected chi connectivity index (χ0v) is 17.1. The van der Waals surface area contributed by atoms with Crippen LogP contribution in [0.4, 0.5) is 11.5 Å². The van der Waals surface area contributed by atoms with E-state index >= 15 is 0 Å². The van der Waals surface area contributed by atoms with Gasteiger partial charge in [-0.15, -0.1) is 24.8 Å². The molecule has 1 aliphatic heterocycles. The summed E-state index contributed by atoms with van der Waals surface area (Å²) in [7, 11) is 1.96. The zero-order valence-electron chi connectivity index (χ0n) is 15.4. The molecule has 1 aliphatic rings. The van der Waals surface area contributed by atoms with Gasteiger partial charge in [-0.3, -0.25) is 9.69 Å². The van der Waals surface area contributed by atoms with Crippen molar-refractivity contribution < 1.29 is 4.79 Å². The third-order valence-electron chi connectivity index (χ3n) is 4.42. The first-order valence-corrected chi connectivity index (χ1v) is 8.70. The number of piperazine rings is 1. The first-order chi connectivity index (χ1) is 12.2. The molecule has 2 aromatic rings. The summed E-state index contributed by atoms with van der Waals surface area (Å²) in [6.45, 7) is 5.67. The van der Waals surface area contributed by atoms with E-state index in [2.05, 4.69) is 20.5 Å². The lowest BCUT2D eigenvalue weighted by molar-refractivity contribution is 0.0947. The Morgan fingerprint density at radius 2 is 1.85 bits per heavy atom. The molecule has 3 rings (SSSR count). The number of benzene rings is 1. The summed E-state index contributed by atoms with van der Waals surface area (Å²) < 4.78 is 0. The van der Waals surface area contributed by atoms with E-state index in [1.54, 1.807) is 6.20 Å². The monoisotopic (exact) mass is 411 g/mol. The number of hydrogen-bond donors (Lipinski definition) is 2. The molecule has 2 heterocycles. The van der Waals surface area contributed by atoms with Crippen molar-refractivity contribution in [2.75, 3.05) is 51.2 Å². The Kier molecular flexibility index (Phi) is 10.1. The van der Waals surface area contributed by atoms with Crippen LogP contribution < -0.4 is 15.5 Å². The first kappa shape index (κ1) is 23.2. The second-order valence-corrected chi connectivity index (χ2v) is 6.15. The maximum Gasteiger partial charge on any atom is 0.252 e. The number of carbonyl (C=O) groups is 1. The van der Waals surface area contributed by atoms with Crippen molar-refractivity contribution in [1.29, 1.82) is 0 Å². The van der Waals surface area contributed by atoms with Crippen LogP contribution in [0.1, 0.15) is 10.4 Å². The molecule has 0 radical (unpaired) electrons. The summed E-state index contributed by atoms with van der Waals surface area (Å²) in [5.74, 6) is 0.736. The minimum Gasteiger partial charge on any atom is -0.351 e. The molecule has 2 N–H and O–H groups in total. The molecular weight excluding hydrogens is 385 g/mol. The van der Waals surface area contributed by atoms with Gasteiger partial charge in [0.1, 0.15) is 5.82 Å². The molecule has 0 saturated carbocycles. The summed E-state index contributed by atoms with van der Waals surface area (Å²) >= 11 is 0. The number of aromatic nitrogens is 1. The van der Waals surface area contributed by atoms with Crippen LogP contribution in [0.15, 0.2) is 48.7 Å². The second kappa shape index (κ2) is 11.8. The molecule has 27 heavy (non-hydrogen) atoms. The van der Waals surface area contributed by atoms with Crippen LogP contribution in [0, 0.1) is 0 Å². The maximum absolute atomic E-state index is 12.2. The predicted octanol–water partition coefficient (Wildman–Crippen LogP) is 2.33. The van der Waals surface area contributed by atoms with Gasteiger partial charge in [0, 0.05) is 58.2 Å². The minimum atomic E-state index is -0.0726. The van der Waals surface area contributed by atoms with Crippen LogP contribution in [-0.4, -0.2) is 62.1 Å². The molecular formula is C19H27Cl2N5O. The number of pyridine rings is 1. The Bertz CT molecular complexity index is 678. The number of hydrogen-bond acceptors (Lipinski definition) is 5. The summed E-state index contributed by atoms with van der Waals surface area (Å²) in [6, 6.07) is 13.7. The van der Waals surface area contributed by atoms with E-state index in [1.807, 2.05) is 54.4 Å². The number of carbonyl (C=O) groups excluding carboxylic acids is 1. The fourth-order valence-corrected chi connectivity index (χ4v) is 2.87. The summed E-state index contributed by atoms with van der Waals surface area (Å²) in [6.07, 6.45) is 1.63. The highest BCUT2D eigenvalue weighted by Crippen LogP contribution is 2.20. The SMILES string of the molecule is CN(c1ccccc1)c1ccc(C(=O)NCCN2CCNCC2)cn1.Cl.Cl. The van der Waals surface area contributed by atoms with Gasteiger partial charge in [-0.25, -0.2) is 4.98 Å². The van der Waals surface area contributed by atoms with Crippen LogP contribution >= 0.6 is 24.8 Å². The average molecular weight is 412 g/mol. The van der Waals surface area contributed by atoms with Crippen LogP contribution in [0.2, 0.25) is 0 Å². The Balaban J connectivity index is 0.00000182. The smallest absolute Gasteiger partial charge is 0.252 e. The predicted molar refractivity (Wildman–Crippen MR) is 115 cm³/mol. The second-order valence-electron chi connectivity index (χ2n) is 6.15. The van der Waals surface area contributed by atoms with Gasteiger partial charge in [-0.2, -0.15) is 0 Å². The highest BCUT2D eigenvalue weighted by molar-refractivity contribution is 5.94. The van der Waals surface area contributed by atoms with Crippen molar-refractivity contribution in [3.05, 3.63) is 54.2 Å². The fourth-order valence-electron chi connectivity index (χ4n) is 2.87. The molecule has 1 aromatic carbocycles. The van der Waals surface area contributed by atoms with E-state index < -0.39 is 0 Å². The van der Waals surface area contributed by atoms with Gasteiger partial charge in [0.2, 0.25) is 0 Å². The molecule has 148 valence electrons. The van der Waals surface area contributed by atoms with Crippen molar-refractivity contribution in [2.45, 2.75) is 0 Å². The van der Waals surface area contributed by atoms with Crippen LogP contribution in [0.5, 0.6) is 0 Å². The highest BCUT2D eigenvalue weighted by Gasteiger charge is 2.11. The van der Waals surface area contributed by atoms with Crippen molar-refractivity contribution in [2.24, 2.45) is 0 Å². The van der Waals surface area contributed by atoms with Crippen LogP contribution in [-0.2, 0) is 0 Å². The summed E-state index contributed by atoms with van der Waals surface area (Å²) in [5, 5.41) is 6.30. The summed E-state index contributed by atoms with van der Waals surface area (Å²) in [5.41, 5.74) is 1.65. The van der Waals surface area contributed by atoms with Gasteiger partial charge in [-0.1, -0.05) is 18.2 Å². The third-order valence-corrected chi connectivity index (χ3v) is 4.42. The van der Waals surface area contributed by atoms with Gasteiger partial charge in [-0.05, 0) is 24.3 Å². The average Bonchev–Trinajstić information content (AvgIpc) is 2.69. The minimum absolute atomic E-state index is 0. The molecule has 1 saturated heterocycles. The molecule has 1 amide bonds. The zero-order chi connectivity index (χ0) is 17.5. The lowest BCUT2D eigenvalue weighted by atomic mass is 10.2. The lowest BCUT2D eigenvalue weighted by Crippen LogP contribution is -2.46. The number of amides is 1. The number of para-hydroxylation sites is 1. The topological polar surface area (TPSA) is 60.5 Å². The van der Waals surface area contributed by atoms with E-state index in [0.717, 1.165) is 44.2 Å². The van der Waals surface area contributed by atoms with Crippen molar-refractivity contribution in [3.63, 3.8) is 0 Å². The molecule has 8 heteroatoms. The molecule has 6 nitrogen and oxygen atoms in total. The Labute approximate surface area is 173 Å². The largest absolute Gasteiger partial charge is 0.351 e. The molecule has 1 fully saturated rings. The normalized spacial score (nSPS) is 13.8. The number of halogens is 2. The Hall–Kier alpha value is -1.86. The molecule has 0 aliphatic carbocycles. The molecule has 0 atom stereocenters. The van der Waals surface area contributed by atoms with Gasteiger partial charge < -0.3 is 15.5 Å². The van der Waals surface area contributed by atoms with Gasteiger partial charge >= 0.3 is 0 Å². The number of rotatable bonds is 6. The summed E-state index contributed by atoms with van der Waals surface area (Å²) in [4.78, 5) is 21.0. The van der Waals surface area contributed by atoms with E-state index in [1.165, 1.54) is 0 Å². The maximum atomic E-state index is 12.2. The molecule has 0 spiro atoms. The number of nitrogens with zero attached hydrogens (tertiary/aromatic N) is 3. The van der Waals surface area contributed by atoms with Crippen molar-refractivity contribution in [1.82, 2.24) is 20.5 Å². The number of anilines is 2. The van der Waals surface area contributed by atoms with Crippen LogP contribution in [0.3, 0.4) is 0 Å². The quantitative estimate of drug-likeness (QED) is 0.763. The van der Waals surface area contributed by atoms with Crippen molar-refractivity contribution >= 4 is 42.2 Å². The number of nitrogens with one attached hydrogen (secondary N) is 2. The lowest BCUT2D eigenvalue weighted by Gasteiger charge is -2.27.